The summed E-state index contributed by atoms with van der Waals surface area (Å²) < 4.78 is 5.66. The zero-order valence-corrected chi connectivity index (χ0v) is 16.1. The normalized spacial score (nSPS) is 25.2. The Morgan fingerprint density at radius 2 is 1.85 bits per heavy atom. The van der Waals surface area contributed by atoms with E-state index in [4.69, 9.17) is 21.3 Å². The molecule has 134 valence electrons. The Balaban J connectivity index is 1.67. The SMILES string of the molecule is COC1CC2CCC(C1)N2c1nc(Cl)nc2scc(-c3ccccc3)c12. The minimum atomic E-state index is 0.335. The average Bonchev–Trinajstić information content (AvgIpc) is 3.20. The number of anilines is 1. The van der Waals surface area contributed by atoms with Crippen LogP contribution in [0.3, 0.4) is 0 Å². The summed E-state index contributed by atoms with van der Waals surface area (Å²) in [5.41, 5.74) is 2.40. The molecule has 0 spiro atoms. The van der Waals surface area contributed by atoms with E-state index in [9.17, 15) is 0 Å². The molecule has 4 heterocycles. The lowest BCUT2D eigenvalue weighted by atomic mass is 9.98. The van der Waals surface area contributed by atoms with Gasteiger partial charge in [0, 0.05) is 30.1 Å². The lowest BCUT2D eigenvalue weighted by molar-refractivity contribution is 0.0682. The fourth-order valence-electron chi connectivity index (χ4n) is 4.58. The van der Waals surface area contributed by atoms with Crippen molar-refractivity contribution in [2.45, 2.75) is 43.9 Å². The first-order chi connectivity index (χ1) is 12.7. The van der Waals surface area contributed by atoms with Gasteiger partial charge in [-0.25, -0.2) is 4.98 Å². The van der Waals surface area contributed by atoms with Gasteiger partial charge < -0.3 is 9.64 Å². The van der Waals surface area contributed by atoms with Crippen LogP contribution in [-0.2, 0) is 4.74 Å². The first kappa shape index (κ1) is 16.5. The van der Waals surface area contributed by atoms with Crippen LogP contribution < -0.4 is 4.90 Å². The monoisotopic (exact) mass is 385 g/mol. The topological polar surface area (TPSA) is 38.2 Å². The number of aromatic nitrogens is 2. The Bertz CT molecular complexity index is 931. The van der Waals surface area contributed by atoms with Gasteiger partial charge in [0.25, 0.3) is 0 Å². The highest BCUT2D eigenvalue weighted by Crippen LogP contribution is 2.45. The second kappa shape index (κ2) is 6.48. The number of hydrogen-bond acceptors (Lipinski definition) is 5. The van der Waals surface area contributed by atoms with Gasteiger partial charge in [-0.2, -0.15) is 4.98 Å². The molecule has 26 heavy (non-hydrogen) atoms. The van der Waals surface area contributed by atoms with Gasteiger partial charge in [-0.15, -0.1) is 11.3 Å². The number of fused-ring (bicyclic) bond motifs is 3. The Morgan fingerprint density at radius 1 is 1.12 bits per heavy atom. The summed E-state index contributed by atoms with van der Waals surface area (Å²) in [6.07, 6.45) is 4.85. The molecule has 0 N–H and O–H groups in total. The van der Waals surface area contributed by atoms with E-state index < -0.39 is 0 Å². The summed E-state index contributed by atoms with van der Waals surface area (Å²) in [5, 5.41) is 3.65. The molecular weight excluding hydrogens is 366 g/mol. The summed E-state index contributed by atoms with van der Waals surface area (Å²) in [7, 11) is 1.83. The van der Waals surface area contributed by atoms with Crippen molar-refractivity contribution in [2.24, 2.45) is 0 Å². The zero-order valence-electron chi connectivity index (χ0n) is 14.6. The summed E-state index contributed by atoms with van der Waals surface area (Å²) in [6, 6.07) is 11.4. The van der Waals surface area contributed by atoms with E-state index in [1.807, 2.05) is 13.2 Å². The van der Waals surface area contributed by atoms with Crippen LogP contribution in [0.4, 0.5) is 5.82 Å². The maximum Gasteiger partial charge on any atom is 0.225 e. The molecule has 2 aliphatic heterocycles. The van der Waals surface area contributed by atoms with E-state index in [0.29, 0.717) is 23.5 Å². The quantitative estimate of drug-likeness (QED) is 0.584. The first-order valence-electron chi connectivity index (χ1n) is 9.06. The van der Waals surface area contributed by atoms with Gasteiger partial charge in [-0.05, 0) is 42.8 Å². The minimum Gasteiger partial charge on any atom is -0.381 e. The standard InChI is InChI=1S/C20H20ClN3OS/c1-25-15-9-13-7-8-14(10-15)24(13)18-17-16(12-5-3-2-4-6-12)11-26-19(17)23-20(21)22-18/h2-6,11,13-15H,7-10H2,1H3. The lowest BCUT2D eigenvalue weighted by Crippen LogP contribution is -2.45. The van der Waals surface area contributed by atoms with E-state index in [0.717, 1.165) is 28.9 Å². The molecule has 0 saturated carbocycles. The van der Waals surface area contributed by atoms with Gasteiger partial charge in [0.05, 0.1) is 11.5 Å². The number of rotatable bonds is 3. The van der Waals surface area contributed by atoms with Crippen LogP contribution in [0, 0.1) is 0 Å². The van der Waals surface area contributed by atoms with Crippen molar-refractivity contribution >= 4 is 39.0 Å². The van der Waals surface area contributed by atoms with Crippen LogP contribution in [0.15, 0.2) is 35.7 Å². The second-order valence-electron chi connectivity index (χ2n) is 7.13. The summed E-state index contributed by atoms with van der Waals surface area (Å²) >= 11 is 7.95. The number of piperidine rings is 1. The average molecular weight is 386 g/mol. The van der Waals surface area contributed by atoms with Gasteiger partial charge in [0.1, 0.15) is 10.6 Å². The minimum absolute atomic E-state index is 0.335. The largest absolute Gasteiger partial charge is 0.381 e. The van der Waals surface area contributed by atoms with Crippen molar-refractivity contribution in [3.8, 4) is 11.1 Å². The van der Waals surface area contributed by atoms with Gasteiger partial charge in [0.15, 0.2) is 0 Å². The van der Waals surface area contributed by atoms with Gasteiger partial charge >= 0.3 is 0 Å². The molecule has 2 unspecified atom stereocenters. The molecule has 2 fully saturated rings. The third kappa shape index (κ3) is 2.61. The van der Waals surface area contributed by atoms with Crippen molar-refractivity contribution in [2.75, 3.05) is 12.0 Å². The van der Waals surface area contributed by atoms with Crippen LogP contribution in [0.2, 0.25) is 5.28 Å². The number of ether oxygens (including phenoxy) is 1. The number of methoxy groups -OCH3 is 1. The van der Waals surface area contributed by atoms with Crippen LogP contribution in [-0.4, -0.2) is 35.3 Å². The molecule has 2 aromatic heterocycles. The summed E-state index contributed by atoms with van der Waals surface area (Å²) in [5.74, 6) is 1.00. The van der Waals surface area contributed by atoms with Gasteiger partial charge in [-0.1, -0.05) is 30.3 Å². The van der Waals surface area contributed by atoms with Crippen LogP contribution >= 0.6 is 22.9 Å². The maximum atomic E-state index is 6.30. The number of hydrogen-bond donors (Lipinski definition) is 0. The molecule has 5 rings (SSSR count). The van der Waals surface area contributed by atoms with Crippen molar-refractivity contribution < 1.29 is 4.74 Å². The Morgan fingerprint density at radius 3 is 2.54 bits per heavy atom. The molecule has 2 bridgehead atoms. The number of halogens is 1. The molecule has 4 nitrogen and oxygen atoms in total. The van der Waals surface area contributed by atoms with E-state index in [1.54, 1.807) is 11.3 Å². The molecule has 1 aromatic carbocycles. The van der Waals surface area contributed by atoms with Crippen molar-refractivity contribution in [1.29, 1.82) is 0 Å². The molecule has 0 radical (unpaired) electrons. The van der Waals surface area contributed by atoms with Crippen LogP contribution in [0.25, 0.3) is 21.3 Å². The fourth-order valence-corrected chi connectivity index (χ4v) is 5.74. The molecule has 2 saturated heterocycles. The molecule has 2 aliphatic rings. The van der Waals surface area contributed by atoms with E-state index in [-0.39, 0.29) is 0 Å². The molecule has 3 aromatic rings. The fraction of sp³-hybridized carbons (Fsp3) is 0.400. The highest BCUT2D eigenvalue weighted by Gasteiger charge is 2.42. The Labute approximate surface area is 161 Å². The smallest absolute Gasteiger partial charge is 0.225 e. The predicted molar refractivity (Wildman–Crippen MR) is 107 cm³/mol. The van der Waals surface area contributed by atoms with Crippen molar-refractivity contribution in [3.63, 3.8) is 0 Å². The third-order valence-corrected chi connectivity index (χ3v) is 6.78. The number of benzene rings is 1. The second-order valence-corrected chi connectivity index (χ2v) is 8.33. The molecule has 6 heteroatoms. The first-order valence-corrected chi connectivity index (χ1v) is 10.3. The zero-order chi connectivity index (χ0) is 17.7. The third-order valence-electron chi connectivity index (χ3n) is 5.74. The highest BCUT2D eigenvalue weighted by molar-refractivity contribution is 7.17. The van der Waals surface area contributed by atoms with E-state index in [1.165, 1.54) is 24.0 Å². The van der Waals surface area contributed by atoms with Crippen molar-refractivity contribution in [1.82, 2.24) is 9.97 Å². The van der Waals surface area contributed by atoms with Crippen LogP contribution in [0.5, 0.6) is 0 Å². The van der Waals surface area contributed by atoms with Crippen LogP contribution in [0.1, 0.15) is 25.7 Å². The Hall–Kier alpha value is -1.69. The number of nitrogens with zero attached hydrogens (tertiary/aromatic N) is 3. The molecule has 2 atom stereocenters. The van der Waals surface area contributed by atoms with Gasteiger partial charge in [0.2, 0.25) is 5.28 Å². The summed E-state index contributed by atoms with van der Waals surface area (Å²) in [6.45, 7) is 0. The summed E-state index contributed by atoms with van der Waals surface area (Å²) in [4.78, 5) is 12.7. The Kier molecular flexibility index (Phi) is 4.11. The molecule has 0 amide bonds. The maximum absolute atomic E-state index is 6.30. The predicted octanol–water partition coefficient (Wildman–Crippen LogP) is 5.16. The number of thiophene rings is 1. The lowest BCUT2D eigenvalue weighted by Gasteiger charge is -2.39. The van der Waals surface area contributed by atoms with Crippen molar-refractivity contribution in [3.05, 3.63) is 41.0 Å². The van der Waals surface area contributed by atoms with E-state index in [2.05, 4.69) is 39.5 Å². The molecular formula is C20H20ClN3OS. The highest BCUT2D eigenvalue weighted by atomic mass is 35.5. The van der Waals surface area contributed by atoms with Gasteiger partial charge in [-0.3, -0.25) is 0 Å². The molecule has 0 aliphatic carbocycles. The van der Waals surface area contributed by atoms with E-state index >= 15 is 0 Å².